The SMILES string of the molecule is CCCCCCCCNc1ncc(-c2ccc(Cl)c(Cl)c2)[nH]1. The Labute approximate surface area is 142 Å². The molecule has 0 aliphatic rings. The lowest BCUT2D eigenvalue weighted by atomic mass is 10.1. The molecule has 120 valence electrons. The van der Waals surface area contributed by atoms with Gasteiger partial charge in [-0.1, -0.05) is 68.3 Å². The van der Waals surface area contributed by atoms with Gasteiger partial charge in [0.15, 0.2) is 0 Å². The first-order chi connectivity index (χ1) is 10.7. The summed E-state index contributed by atoms with van der Waals surface area (Å²) < 4.78 is 0. The van der Waals surface area contributed by atoms with Crippen LogP contribution in [-0.4, -0.2) is 16.5 Å². The Morgan fingerprint density at radius 1 is 1.05 bits per heavy atom. The number of nitrogens with one attached hydrogen (secondary N) is 2. The van der Waals surface area contributed by atoms with Crippen molar-refractivity contribution in [1.82, 2.24) is 9.97 Å². The molecule has 2 N–H and O–H groups in total. The van der Waals surface area contributed by atoms with E-state index in [0.717, 1.165) is 23.8 Å². The van der Waals surface area contributed by atoms with E-state index in [0.29, 0.717) is 10.0 Å². The molecule has 0 fully saturated rings. The minimum Gasteiger partial charge on any atom is -0.356 e. The molecule has 2 rings (SSSR count). The third-order valence-corrected chi connectivity index (χ3v) is 4.37. The molecule has 22 heavy (non-hydrogen) atoms. The molecule has 1 aromatic heterocycles. The van der Waals surface area contributed by atoms with E-state index >= 15 is 0 Å². The molecule has 2 aromatic rings. The molecule has 0 saturated carbocycles. The van der Waals surface area contributed by atoms with E-state index in [1.165, 1.54) is 38.5 Å². The summed E-state index contributed by atoms with van der Waals surface area (Å²) in [6.07, 6.45) is 9.56. The van der Waals surface area contributed by atoms with Crippen molar-refractivity contribution in [1.29, 1.82) is 0 Å². The second-order valence-corrected chi connectivity index (χ2v) is 6.28. The van der Waals surface area contributed by atoms with Crippen molar-refractivity contribution >= 4 is 29.2 Å². The maximum atomic E-state index is 6.04. The minimum atomic E-state index is 0.551. The highest BCUT2D eigenvalue weighted by atomic mass is 35.5. The molecule has 3 nitrogen and oxygen atoms in total. The number of unbranched alkanes of at least 4 members (excludes halogenated alkanes) is 5. The summed E-state index contributed by atoms with van der Waals surface area (Å²) in [6, 6.07) is 5.57. The Bertz CT molecular complexity index is 581. The molecule has 0 bridgehead atoms. The van der Waals surface area contributed by atoms with Crippen molar-refractivity contribution in [3.05, 3.63) is 34.4 Å². The third kappa shape index (κ3) is 5.22. The zero-order valence-electron chi connectivity index (χ0n) is 13.0. The van der Waals surface area contributed by atoms with Crippen LogP contribution < -0.4 is 5.32 Å². The summed E-state index contributed by atoms with van der Waals surface area (Å²) in [5.74, 6) is 0.801. The Balaban J connectivity index is 1.78. The number of nitrogens with zero attached hydrogens (tertiary/aromatic N) is 1. The lowest BCUT2D eigenvalue weighted by Crippen LogP contribution is -2.02. The summed E-state index contributed by atoms with van der Waals surface area (Å²) in [7, 11) is 0. The lowest BCUT2D eigenvalue weighted by Gasteiger charge is -2.03. The topological polar surface area (TPSA) is 40.7 Å². The molecule has 0 amide bonds. The second kappa shape index (κ2) is 9.06. The van der Waals surface area contributed by atoms with E-state index in [-0.39, 0.29) is 0 Å². The predicted octanol–water partition coefficient (Wildman–Crippen LogP) is 6.16. The fourth-order valence-corrected chi connectivity index (χ4v) is 2.63. The number of benzene rings is 1. The van der Waals surface area contributed by atoms with Gasteiger partial charge in [0.05, 0.1) is 21.9 Å². The van der Waals surface area contributed by atoms with Crippen molar-refractivity contribution in [2.75, 3.05) is 11.9 Å². The van der Waals surface area contributed by atoms with Gasteiger partial charge in [0.1, 0.15) is 0 Å². The number of anilines is 1. The summed E-state index contributed by atoms with van der Waals surface area (Å²) in [4.78, 5) is 7.61. The van der Waals surface area contributed by atoms with E-state index in [1.54, 1.807) is 6.07 Å². The largest absolute Gasteiger partial charge is 0.356 e. The summed E-state index contributed by atoms with van der Waals surface area (Å²) in [5, 5.41) is 4.44. The highest BCUT2D eigenvalue weighted by Gasteiger charge is 2.05. The molecule has 1 aromatic carbocycles. The fraction of sp³-hybridized carbons (Fsp3) is 0.471. The Kier molecular flexibility index (Phi) is 7.07. The number of aromatic amines is 1. The smallest absolute Gasteiger partial charge is 0.200 e. The summed E-state index contributed by atoms with van der Waals surface area (Å²) >= 11 is 12.0. The zero-order chi connectivity index (χ0) is 15.8. The maximum Gasteiger partial charge on any atom is 0.200 e. The first kappa shape index (κ1) is 17.2. The maximum absolute atomic E-state index is 6.04. The number of hydrogen-bond acceptors (Lipinski definition) is 2. The van der Waals surface area contributed by atoms with Gasteiger partial charge in [-0.05, 0) is 18.6 Å². The molecular formula is C17H23Cl2N3. The molecule has 0 spiro atoms. The van der Waals surface area contributed by atoms with Gasteiger partial charge in [0.25, 0.3) is 0 Å². The predicted molar refractivity (Wildman–Crippen MR) is 95.9 cm³/mol. The van der Waals surface area contributed by atoms with Crippen LogP contribution >= 0.6 is 23.2 Å². The van der Waals surface area contributed by atoms with Crippen LogP contribution in [0.5, 0.6) is 0 Å². The van der Waals surface area contributed by atoms with Gasteiger partial charge >= 0.3 is 0 Å². The first-order valence-electron chi connectivity index (χ1n) is 7.95. The van der Waals surface area contributed by atoms with Crippen molar-refractivity contribution in [3.8, 4) is 11.3 Å². The van der Waals surface area contributed by atoms with Crippen LogP contribution in [0.1, 0.15) is 45.4 Å². The first-order valence-corrected chi connectivity index (χ1v) is 8.70. The van der Waals surface area contributed by atoms with Crippen molar-refractivity contribution in [2.45, 2.75) is 45.4 Å². The zero-order valence-corrected chi connectivity index (χ0v) is 14.5. The van der Waals surface area contributed by atoms with Crippen LogP contribution in [0, 0.1) is 0 Å². The molecule has 0 atom stereocenters. The van der Waals surface area contributed by atoms with Crippen LogP contribution in [0.4, 0.5) is 5.95 Å². The molecular weight excluding hydrogens is 317 g/mol. The van der Waals surface area contributed by atoms with Crippen LogP contribution in [0.25, 0.3) is 11.3 Å². The fourth-order valence-electron chi connectivity index (χ4n) is 2.33. The van der Waals surface area contributed by atoms with Gasteiger partial charge < -0.3 is 10.3 Å². The van der Waals surface area contributed by atoms with Gasteiger partial charge in [-0.3, -0.25) is 0 Å². The van der Waals surface area contributed by atoms with Crippen LogP contribution in [0.15, 0.2) is 24.4 Å². The van der Waals surface area contributed by atoms with E-state index in [9.17, 15) is 0 Å². The molecule has 0 aliphatic carbocycles. The minimum absolute atomic E-state index is 0.551. The number of rotatable bonds is 9. The number of aromatic nitrogens is 2. The number of H-pyrrole nitrogens is 1. The third-order valence-electron chi connectivity index (χ3n) is 3.63. The summed E-state index contributed by atoms with van der Waals surface area (Å²) in [6.45, 7) is 3.18. The van der Waals surface area contributed by atoms with Crippen molar-refractivity contribution in [2.24, 2.45) is 0 Å². The molecule has 0 unspecified atom stereocenters. The lowest BCUT2D eigenvalue weighted by molar-refractivity contribution is 0.616. The van der Waals surface area contributed by atoms with Crippen LogP contribution in [0.2, 0.25) is 10.0 Å². The van der Waals surface area contributed by atoms with Gasteiger partial charge in [0.2, 0.25) is 5.95 Å². The highest BCUT2D eigenvalue weighted by molar-refractivity contribution is 6.42. The van der Waals surface area contributed by atoms with Crippen molar-refractivity contribution < 1.29 is 0 Å². The van der Waals surface area contributed by atoms with Gasteiger partial charge in [-0.25, -0.2) is 4.98 Å². The van der Waals surface area contributed by atoms with Gasteiger partial charge in [-0.15, -0.1) is 0 Å². The monoisotopic (exact) mass is 339 g/mol. The van der Waals surface area contributed by atoms with Crippen LogP contribution in [-0.2, 0) is 0 Å². The quantitative estimate of drug-likeness (QED) is 0.537. The Morgan fingerprint density at radius 3 is 2.59 bits per heavy atom. The highest BCUT2D eigenvalue weighted by Crippen LogP contribution is 2.28. The Morgan fingerprint density at radius 2 is 1.82 bits per heavy atom. The second-order valence-electron chi connectivity index (χ2n) is 5.47. The molecule has 5 heteroatoms. The van der Waals surface area contributed by atoms with E-state index in [2.05, 4.69) is 22.2 Å². The standard InChI is InChI=1S/C17H23Cl2N3/c1-2-3-4-5-6-7-10-20-17-21-12-16(22-17)13-8-9-14(18)15(19)11-13/h8-9,11-12H,2-7,10H2,1H3,(H2,20,21,22). The molecule has 0 saturated heterocycles. The Hall–Kier alpha value is -1.19. The number of hydrogen-bond donors (Lipinski definition) is 2. The van der Waals surface area contributed by atoms with Crippen molar-refractivity contribution in [3.63, 3.8) is 0 Å². The average molecular weight is 340 g/mol. The summed E-state index contributed by atoms with van der Waals surface area (Å²) in [5.41, 5.74) is 1.92. The normalized spacial score (nSPS) is 10.9. The van der Waals surface area contributed by atoms with Crippen LogP contribution in [0.3, 0.4) is 0 Å². The van der Waals surface area contributed by atoms with E-state index in [4.69, 9.17) is 23.2 Å². The van der Waals surface area contributed by atoms with E-state index < -0.39 is 0 Å². The van der Waals surface area contributed by atoms with Gasteiger partial charge in [0, 0.05) is 12.1 Å². The van der Waals surface area contributed by atoms with Gasteiger partial charge in [-0.2, -0.15) is 0 Å². The van der Waals surface area contributed by atoms with E-state index in [1.807, 2.05) is 18.3 Å². The molecule has 1 heterocycles. The number of imidazole rings is 1. The molecule has 0 aliphatic heterocycles. The number of halogens is 2. The average Bonchev–Trinajstić information content (AvgIpc) is 2.98. The molecule has 0 radical (unpaired) electrons.